The van der Waals surface area contributed by atoms with Crippen LogP contribution in [0.5, 0.6) is 0 Å². The molecule has 19 heavy (non-hydrogen) atoms. The minimum atomic E-state index is -0.465. The summed E-state index contributed by atoms with van der Waals surface area (Å²) in [6, 6.07) is 7.46. The van der Waals surface area contributed by atoms with Gasteiger partial charge in [-0.05, 0) is 29.0 Å². The van der Waals surface area contributed by atoms with Gasteiger partial charge in [-0.1, -0.05) is 46.8 Å². The zero-order valence-corrected chi connectivity index (χ0v) is 13.2. The summed E-state index contributed by atoms with van der Waals surface area (Å²) in [5.74, 6) is 0.00681. The third kappa shape index (κ3) is 5.21. The van der Waals surface area contributed by atoms with Crippen LogP contribution in [0.25, 0.3) is 0 Å². The van der Waals surface area contributed by atoms with Gasteiger partial charge in [-0.3, -0.25) is 4.79 Å². The second-order valence-corrected chi connectivity index (χ2v) is 6.09. The van der Waals surface area contributed by atoms with Crippen molar-refractivity contribution in [2.24, 2.45) is 11.7 Å². The van der Waals surface area contributed by atoms with E-state index >= 15 is 0 Å². The molecule has 108 valence electrons. The van der Waals surface area contributed by atoms with Crippen molar-refractivity contribution >= 4 is 24.0 Å². The maximum atomic E-state index is 11.8. The molecular weight excluding hydrogens is 260 g/mol. The van der Waals surface area contributed by atoms with Gasteiger partial charge in [0.1, 0.15) is 0 Å². The van der Waals surface area contributed by atoms with Crippen molar-refractivity contribution in [3.8, 4) is 0 Å². The van der Waals surface area contributed by atoms with Crippen LogP contribution in [-0.4, -0.2) is 11.9 Å². The molecule has 3 N–H and O–H groups in total. The molecule has 1 amide bonds. The highest BCUT2D eigenvalue weighted by atomic mass is 35.5. The molecule has 0 fully saturated rings. The topological polar surface area (TPSA) is 55.1 Å². The highest BCUT2D eigenvalue weighted by molar-refractivity contribution is 5.94. The highest BCUT2D eigenvalue weighted by Gasteiger charge is 2.17. The first-order valence-electron chi connectivity index (χ1n) is 6.39. The second-order valence-electron chi connectivity index (χ2n) is 6.09. The molecule has 1 rings (SSSR count). The van der Waals surface area contributed by atoms with E-state index in [9.17, 15) is 4.79 Å². The molecule has 0 saturated carbocycles. The van der Waals surface area contributed by atoms with E-state index in [0.717, 1.165) is 5.69 Å². The van der Waals surface area contributed by atoms with Gasteiger partial charge in [0.2, 0.25) is 5.91 Å². The molecule has 1 aromatic rings. The molecule has 0 spiro atoms. The number of anilines is 1. The number of carbonyl (C=O) groups excluding carboxylic acids is 1. The Hall–Kier alpha value is -1.06. The molecule has 1 atom stereocenters. The first-order valence-corrected chi connectivity index (χ1v) is 6.39. The van der Waals surface area contributed by atoms with Crippen molar-refractivity contribution < 1.29 is 4.79 Å². The van der Waals surface area contributed by atoms with Gasteiger partial charge in [0.05, 0.1) is 6.04 Å². The average Bonchev–Trinajstić information content (AvgIpc) is 2.27. The van der Waals surface area contributed by atoms with E-state index < -0.39 is 6.04 Å². The predicted molar refractivity (Wildman–Crippen MR) is 83.8 cm³/mol. The van der Waals surface area contributed by atoms with Crippen LogP contribution in [0.1, 0.15) is 40.2 Å². The van der Waals surface area contributed by atoms with Gasteiger partial charge in [-0.15, -0.1) is 12.4 Å². The molecule has 0 heterocycles. The molecule has 4 heteroatoms. The smallest absolute Gasteiger partial charge is 0.241 e. The molecule has 0 aromatic heterocycles. The molecule has 0 saturated heterocycles. The van der Waals surface area contributed by atoms with E-state index in [4.69, 9.17) is 5.73 Å². The molecule has 0 aliphatic heterocycles. The minimum absolute atomic E-state index is 0. The highest BCUT2D eigenvalue weighted by Crippen LogP contribution is 2.23. The van der Waals surface area contributed by atoms with Crippen molar-refractivity contribution in [2.45, 2.75) is 46.1 Å². The summed E-state index contributed by atoms with van der Waals surface area (Å²) in [7, 11) is 0. The number of rotatable bonds is 3. The van der Waals surface area contributed by atoms with Gasteiger partial charge in [0.15, 0.2) is 0 Å². The van der Waals surface area contributed by atoms with Crippen molar-refractivity contribution in [2.75, 3.05) is 5.32 Å². The van der Waals surface area contributed by atoms with Crippen molar-refractivity contribution in [3.63, 3.8) is 0 Å². The van der Waals surface area contributed by atoms with Gasteiger partial charge >= 0.3 is 0 Å². The Morgan fingerprint density at radius 3 is 2.00 bits per heavy atom. The third-order valence-corrected chi connectivity index (χ3v) is 3.04. The summed E-state index contributed by atoms with van der Waals surface area (Å²) in [4.78, 5) is 11.8. The molecule has 0 aliphatic carbocycles. The average molecular weight is 285 g/mol. The zero-order chi connectivity index (χ0) is 13.9. The standard InChI is InChI=1S/C15H24N2O.ClH/c1-10(2)13(16)14(18)17-12-8-6-11(7-9-12)15(3,4)5;/h6-10,13H,16H2,1-5H3,(H,17,18);1H. The number of nitrogens with two attached hydrogens (primary N) is 1. The molecule has 0 radical (unpaired) electrons. The Labute approximate surface area is 122 Å². The number of hydrogen-bond acceptors (Lipinski definition) is 2. The Balaban J connectivity index is 0.00000324. The number of nitrogens with one attached hydrogen (secondary N) is 1. The number of amides is 1. The van der Waals surface area contributed by atoms with Gasteiger partial charge in [0.25, 0.3) is 0 Å². The fraction of sp³-hybridized carbons (Fsp3) is 0.533. The SMILES string of the molecule is CC(C)C(N)C(=O)Nc1ccc(C(C)(C)C)cc1.Cl. The molecule has 0 aliphatic rings. The maximum absolute atomic E-state index is 11.8. The molecule has 3 nitrogen and oxygen atoms in total. The number of benzene rings is 1. The van der Waals surface area contributed by atoms with Gasteiger partial charge in [-0.2, -0.15) is 0 Å². The van der Waals surface area contributed by atoms with E-state index in [1.54, 1.807) is 0 Å². The second kappa shape index (κ2) is 6.92. The van der Waals surface area contributed by atoms with Crippen LogP contribution in [-0.2, 0) is 10.2 Å². The van der Waals surface area contributed by atoms with Crippen LogP contribution in [0.4, 0.5) is 5.69 Å². The summed E-state index contributed by atoms with van der Waals surface area (Å²) >= 11 is 0. The normalized spacial score (nSPS) is 12.8. The summed E-state index contributed by atoms with van der Waals surface area (Å²) in [6.45, 7) is 10.4. The van der Waals surface area contributed by atoms with Gasteiger partial charge in [0, 0.05) is 5.69 Å². The lowest BCUT2D eigenvalue weighted by Gasteiger charge is -2.20. The quantitative estimate of drug-likeness (QED) is 0.894. The van der Waals surface area contributed by atoms with Gasteiger partial charge < -0.3 is 11.1 Å². The summed E-state index contributed by atoms with van der Waals surface area (Å²) < 4.78 is 0. The van der Waals surface area contributed by atoms with E-state index in [2.05, 4.69) is 26.1 Å². The van der Waals surface area contributed by atoms with Crippen LogP contribution >= 0.6 is 12.4 Å². The number of halogens is 1. The maximum Gasteiger partial charge on any atom is 0.241 e. The third-order valence-electron chi connectivity index (χ3n) is 3.04. The zero-order valence-electron chi connectivity index (χ0n) is 12.4. The van der Waals surface area contributed by atoms with Crippen molar-refractivity contribution in [1.29, 1.82) is 0 Å². The van der Waals surface area contributed by atoms with E-state index in [1.807, 2.05) is 38.1 Å². The number of hydrogen-bond donors (Lipinski definition) is 2. The largest absolute Gasteiger partial charge is 0.325 e. The van der Waals surface area contributed by atoms with Gasteiger partial charge in [-0.25, -0.2) is 0 Å². The first kappa shape index (κ1) is 17.9. The van der Waals surface area contributed by atoms with E-state index in [-0.39, 0.29) is 29.6 Å². The van der Waals surface area contributed by atoms with Crippen LogP contribution < -0.4 is 11.1 Å². The van der Waals surface area contributed by atoms with Crippen LogP contribution in [0, 0.1) is 5.92 Å². The van der Waals surface area contributed by atoms with Crippen molar-refractivity contribution in [3.05, 3.63) is 29.8 Å². The summed E-state index contributed by atoms with van der Waals surface area (Å²) in [6.07, 6.45) is 0. The lowest BCUT2D eigenvalue weighted by atomic mass is 9.87. The Kier molecular flexibility index (Phi) is 6.53. The van der Waals surface area contributed by atoms with Crippen molar-refractivity contribution in [1.82, 2.24) is 0 Å². The first-order chi connectivity index (χ1) is 8.21. The lowest BCUT2D eigenvalue weighted by molar-refractivity contribution is -0.118. The molecule has 1 aromatic carbocycles. The molecular formula is C15H25ClN2O. The molecule has 0 bridgehead atoms. The lowest BCUT2D eigenvalue weighted by Crippen LogP contribution is -2.39. The van der Waals surface area contributed by atoms with E-state index in [0.29, 0.717) is 0 Å². The Bertz CT molecular complexity index is 407. The monoisotopic (exact) mass is 284 g/mol. The summed E-state index contributed by atoms with van der Waals surface area (Å²) in [5.41, 5.74) is 7.96. The summed E-state index contributed by atoms with van der Waals surface area (Å²) in [5, 5.41) is 2.84. The number of carbonyl (C=O) groups is 1. The van der Waals surface area contributed by atoms with Crippen LogP contribution in [0.15, 0.2) is 24.3 Å². The van der Waals surface area contributed by atoms with Crippen LogP contribution in [0.3, 0.4) is 0 Å². The fourth-order valence-corrected chi connectivity index (χ4v) is 1.58. The Morgan fingerprint density at radius 2 is 1.63 bits per heavy atom. The molecule has 1 unspecified atom stereocenters. The fourth-order valence-electron chi connectivity index (χ4n) is 1.58. The van der Waals surface area contributed by atoms with Crippen LogP contribution in [0.2, 0.25) is 0 Å². The Morgan fingerprint density at radius 1 is 1.16 bits per heavy atom. The van der Waals surface area contributed by atoms with E-state index in [1.165, 1.54) is 5.56 Å². The predicted octanol–water partition coefficient (Wildman–Crippen LogP) is 3.33. The minimum Gasteiger partial charge on any atom is -0.325 e.